The summed E-state index contributed by atoms with van der Waals surface area (Å²) in [4.78, 5) is 0. The van der Waals surface area contributed by atoms with Gasteiger partial charge in [-0.25, -0.2) is 0 Å². The maximum Gasteiger partial charge on any atom is 0.0869 e. The van der Waals surface area contributed by atoms with Crippen LogP contribution >= 0.6 is 0 Å². The standard InChI is InChI=1S/C30H50O12/c31-13-7-20(37)24-23(8-13)41-29(12-2-4-16(33)19(36)6-12)27(40)26(24)25-21(38)10-17(34)14-9-22(39)28(42-30(14)25)11-1-3-15(32)18(35)5-11/h11-40H,1-10H2/t11?,12?,13?,14?,15?,16?,17?,18?,19?,20?,21?,22-,23?,24?,25?,26?,27-,28-,29-,30?/m1/s1. The monoisotopic (exact) mass is 602 g/mol. The van der Waals surface area contributed by atoms with Gasteiger partial charge in [-0.05, 0) is 76.0 Å². The van der Waals surface area contributed by atoms with Crippen molar-refractivity contribution in [3.8, 4) is 0 Å². The normalized spacial score (nSPS) is 59.0. The van der Waals surface area contributed by atoms with Crippen molar-refractivity contribution in [2.75, 3.05) is 0 Å². The molecule has 0 spiro atoms. The van der Waals surface area contributed by atoms with E-state index < -0.39 is 109 Å². The summed E-state index contributed by atoms with van der Waals surface area (Å²) in [7, 11) is 0. The molecule has 0 aromatic carbocycles. The minimum Gasteiger partial charge on any atom is -0.393 e. The Morgan fingerprint density at radius 2 is 0.976 bits per heavy atom. The molecule has 12 nitrogen and oxygen atoms in total. The van der Waals surface area contributed by atoms with E-state index in [1.807, 2.05) is 0 Å². The summed E-state index contributed by atoms with van der Waals surface area (Å²) >= 11 is 0. The van der Waals surface area contributed by atoms with Crippen molar-refractivity contribution in [3.63, 3.8) is 0 Å². The first-order valence-electron chi connectivity index (χ1n) is 16.1. The molecule has 2 aliphatic heterocycles. The first-order valence-corrected chi connectivity index (χ1v) is 16.1. The quantitative estimate of drug-likeness (QED) is 0.166. The molecule has 20 atom stereocenters. The average molecular weight is 603 g/mol. The smallest absolute Gasteiger partial charge is 0.0869 e. The van der Waals surface area contributed by atoms with Gasteiger partial charge in [0.15, 0.2) is 0 Å². The highest BCUT2D eigenvalue weighted by Crippen LogP contribution is 2.53. The van der Waals surface area contributed by atoms with Gasteiger partial charge in [-0.1, -0.05) is 0 Å². The van der Waals surface area contributed by atoms with Crippen molar-refractivity contribution < 1.29 is 60.5 Å². The Morgan fingerprint density at radius 3 is 1.60 bits per heavy atom. The van der Waals surface area contributed by atoms with Crippen LogP contribution in [0.2, 0.25) is 0 Å². The molecule has 0 amide bonds. The lowest BCUT2D eigenvalue weighted by molar-refractivity contribution is -0.290. The van der Waals surface area contributed by atoms with Crippen molar-refractivity contribution in [3.05, 3.63) is 0 Å². The summed E-state index contributed by atoms with van der Waals surface area (Å²) in [5.41, 5.74) is 0. The number of ether oxygens (including phenoxy) is 2. The molecule has 10 N–H and O–H groups in total. The molecule has 42 heavy (non-hydrogen) atoms. The lowest BCUT2D eigenvalue weighted by atomic mass is 9.57. The second kappa shape index (κ2) is 12.4. The second-order valence-corrected chi connectivity index (χ2v) is 14.4. The van der Waals surface area contributed by atoms with Gasteiger partial charge in [-0.15, -0.1) is 0 Å². The maximum absolute atomic E-state index is 12.0. The van der Waals surface area contributed by atoms with E-state index in [1.165, 1.54) is 0 Å². The Morgan fingerprint density at radius 1 is 0.381 bits per heavy atom. The number of aliphatic hydroxyl groups excluding tert-OH is 10. The first-order chi connectivity index (χ1) is 19.9. The third-order valence-corrected chi connectivity index (χ3v) is 11.8. The van der Waals surface area contributed by atoms with Crippen molar-refractivity contribution in [2.45, 2.75) is 150 Å². The van der Waals surface area contributed by atoms with Crippen molar-refractivity contribution in [1.29, 1.82) is 0 Å². The SMILES string of the molecule is OC1CC(O)C2C(C1)O[C@H](C1CCC(O)C(O)C1)[C@H](O)C2C1C(O)CC(O)C2C[C@@H](O)[C@@H](C3CCC(O)C(O)C3)OC21. The molecular weight excluding hydrogens is 552 g/mol. The number of aliphatic hydroxyl groups is 10. The zero-order valence-corrected chi connectivity index (χ0v) is 23.9. The van der Waals surface area contributed by atoms with Crippen LogP contribution in [-0.2, 0) is 9.47 Å². The lowest BCUT2D eigenvalue weighted by Gasteiger charge is -2.59. The predicted octanol–water partition coefficient (Wildman–Crippen LogP) is -2.22. The number of rotatable bonds is 3. The molecule has 2 saturated heterocycles. The van der Waals surface area contributed by atoms with Gasteiger partial charge in [-0.3, -0.25) is 0 Å². The molecule has 242 valence electrons. The van der Waals surface area contributed by atoms with E-state index in [-0.39, 0.29) is 50.4 Å². The van der Waals surface area contributed by atoms with E-state index >= 15 is 0 Å². The van der Waals surface area contributed by atoms with Gasteiger partial charge in [0.05, 0.1) is 85.5 Å². The highest BCUT2D eigenvalue weighted by molar-refractivity contribution is 5.09. The van der Waals surface area contributed by atoms with Crippen LogP contribution in [-0.4, -0.2) is 137 Å². The van der Waals surface area contributed by atoms with Gasteiger partial charge in [0, 0.05) is 23.7 Å². The predicted molar refractivity (Wildman–Crippen MR) is 144 cm³/mol. The topological polar surface area (TPSA) is 221 Å². The number of fused-ring (bicyclic) bond motifs is 2. The second-order valence-electron chi connectivity index (χ2n) is 14.4. The molecule has 6 rings (SSSR count). The Kier molecular flexibility index (Phi) is 9.28. The van der Waals surface area contributed by atoms with E-state index in [0.29, 0.717) is 25.7 Å². The highest BCUT2D eigenvalue weighted by Gasteiger charge is 2.61. The van der Waals surface area contributed by atoms with E-state index in [4.69, 9.17) is 9.47 Å². The van der Waals surface area contributed by atoms with Crippen LogP contribution in [0.25, 0.3) is 0 Å². The summed E-state index contributed by atoms with van der Waals surface area (Å²) in [6.45, 7) is 0. The van der Waals surface area contributed by atoms with E-state index in [2.05, 4.69) is 0 Å². The molecule has 0 aromatic rings. The molecule has 0 bridgehead atoms. The van der Waals surface area contributed by atoms with Gasteiger partial charge >= 0.3 is 0 Å². The molecule has 12 heteroatoms. The number of hydrogen-bond acceptors (Lipinski definition) is 12. The molecule has 4 aliphatic carbocycles. The van der Waals surface area contributed by atoms with Crippen LogP contribution in [0.5, 0.6) is 0 Å². The summed E-state index contributed by atoms with van der Waals surface area (Å²) < 4.78 is 13.0. The third-order valence-electron chi connectivity index (χ3n) is 11.8. The summed E-state index contributed by atoms with van der Waals surface area (Å²) in [6.07, 6.45) is -9.65. The van der Waals surface area contributed by atoms with Gasteiger partial charge in [0.25, 0.3) is 0 Å². The molecule has 6 fully saturated rings. The highest BCUT2D eigenvalue weighted by atomic mass is 16.5. The van der Waals surface area contributed by atoms with Crippen LogP contribution < -0.4 is 0 Å². The minimum atomic E-state index is -1.17. The van der Waals surface area contributed by atoms with E-state index in [1.54, 1.807) is 0 Å². The first kappa shape index (κ1) is 31.5. The summed E-state index contributed by atoms with van der Waals surface area (Å²) in [5.74, 6) is -3.17. The van der Waals surface area contributed by atoms with Crippen LogP contribution in [0.1, 0.15) is 64.2 Å². The molecular formula is C30H50O12. The molecule has 0 radical (unpaired) electrons. The zero-order valence-electron chi connectivity index (χ0n) is 23.9. The molecule has 0 aromatic heterocycles. The van der Waals surface area contributed by atoms with Gasteiger partial charge < -0.3 is 60.5 Å². The Bertz CT molecular complexity index is 925. The van der Waals surface area contributed by atoms with Crippen molar-refractivity contribution in [2.24, 2.45) is 35.5 Å². The largest absolute Gasteiger partial charge is 0.393 e. The lowest BCUT2D eigenvalue weighted by Crippen LogP contribution is -2.67. The average Bonchev–Trinajstić information content (AvgIpc) is 2.93. The molecule has 4 saturated carbocycles. The summed E-state index contributed by atoms with van der Waals surface area (Å²) in [5, 5.41) is 108. The Labute approximate surface area is 245 Å². The summed E-state index contributed by atoms with van der Waals surface area (Å²) in [6, 6.07) is 0. The number of hydrogen-bond donors (Lipinski definition) is 10. The molecule has 2 heterocycles. The van der Waals surface area contributed by atoms with Crippen molar-refractivity contribution >= 4 is 0 Å². The van der Waals surface area contributed by atoms with Gasteiger partial charge in [0.1, 0.15) is 0 Å². The maximum atomic E-state index is 12.0. The van der Waals surface area contributed by atoms with E-state index in [0.717, 1.165) is 0 Å². The fourth-order valence-corrected chi connectivity index (χ4v) is 9.75. The fourth-order valence-electron chi connectivity index (χ4n) is 9.75. The Balaban J connectivity index is 1.33. The van der Waals surface area contributed by atoms with Crippen LogP contribution in [0.3, 0.4) is 0 Å². The Hall–Kier alpha value is -0.480. The van der Waals surface area contributed by atoms with Crippen molar-refractivity contribution in [1.82, 2.24) is 0 Å². The van der Waals surface area contributed by atoms with Crippen LogP contribution in [0, 0.1) is 35.5 Å². The van der Waals surface area contributed by atoms with Gasteiger partial charge in [0.2, 0.25) is 0 Å². The van der Waals surface area contributed by atoms with E-state index in [9.17, 15) is 51.1 Å². The zero-order chi connectivity index (χ0) is 30.0. The minimum absolute atomic E-state index is 0.0140. The third kappa shape index (κ3) is 5.69. The van der Waals surface area contributed by atoms with Crippen LogP contribution in [0.4, 0.5) is 0 Å². The van der Waals surface area contributed by atoms with Gasteiger partial charge in [-0.2, -0.15) is 0 Å². The van der Waals surface area contributed by atoms with Crippen LogP contribution in [0.15, 0.2) is 0 Å². The molecule has 6 aliphatic rings. The molecule has 16 unspecified atom stereocenters. The fraction of sp³-hybridized carbons (Fsp3) is 1.00.